The molecule has 0 spiro atoms. The lowest BCUT2D eigenvalue weighted by molar-refractivity contribution is 0.445. The van der Waals surface area contributed by atoms with Crippen molar-refractivity contribution in [1.82, 2.24) is 0 Å². The smallest absolute Gasteiger partial charge is 0.00618 e. The topological polar surface area (TPSA) is 26.0 Å². The predicted octanol–water partition coefficient (Wildman–Crippen LogP) is 2.89. The average molecular weight is 189 g/mol. The summed E-state index contributed by atoms with van der Waals surface area (Å²) in [4.78, 5) is 0. The van der Waals surface area contributed by atoms with Gasteiger partial charge in [0.1, 0.15) is 0 Å². The minimum absolute atomic E-state index is 0.416. The van der Waals surface area contributed by atoms with Crippen LogP contribution in [0.25, 0.3) is 0 Å². The molecule has 0 saturated heterocycles. The van der Waals surface area contributed by atoms with E-state index in [1.807, 2.05) is 11.8 Å². The van der Waals surface area contributed by atoms with E-state index < -0.39 is 0 Å². The Hall–Kier alpha value is 0.310. The van der Waals surface area contributed by atoms with Crippen LogP contribution in [0.5, 0.6) is 0 Å². The van der Waals surface area contributed by atoms with E-state index in [1.54, 1.807) is 0 Å². The lowest BCUT2D eigenvalue weighted by atomic mass is 9.99. The number of hydrogen-bond acceptors (Lipinski definition) is 2. The third-order valence-electron chi connectivity index (χ3n) is 2.24. The van der Waals surface area contributed by atoms with Crippen LogP contribution in [-0.2, 0) is 0 Å². The van der Waals surface area contributed by atoms with Gasteiger partial charge in [-0.1, -0.05) is 26.7 Å². The molecule has 0 aromatic heterocycles. The van der Waals surface area contributed by atoms with Gasteiger partial charge in [-0.15, -0.1) is 0 Å². The molecule has 0 radical (unpaired) electrons. The highest BCUT2D eigenvalue weighted by molar-refractivity contribution is 7.98. The summed E-state index contributed by atoms with van der Waals surface area (Å²) in [5, 5.41) is 0. The minimum atomic E-state index is 0.416. The van der Waals surface area contributed by atoms with Crippen LogP contribution < -0.4 is 5.73 Å². The molecule has 0 bridgehead atoms. The maximum Gasteiger partial charge on any atom is 0.00618 e. The zero-order valence-corrected chi connectivity index (χ0v) is 9.49. The van der Waals surface area contributed by atoms with E-state index in [-0.39, 0.29) is 0 Å². The van der Waals surface area contributed by atoms with E-state index in [9.17, 15) is 0 Å². The molecule has 1 nitrogen and oxygen atoms in total. The number of unbranched alkanes of at least 4 members (excludes halogenated alkanes) is 2. The molecule has 0 rings (SSSR count). The number of hydrogen-bond donors (Lipinski definition) is 1. The molecule has 0 aliphatic heterocycles. The Morgan fingerprint density at radius 2 is 1.83 bits per heavy atom. The summed E-state index contributed by atoms with van der Waals surface area (Å²) >= 11 is 1.94. The van der Waals surface area contributed by atoms with Crippen LogP contribution in [0.15, 0.2) is 0 Å². The van der Waals surface area contributed by atoms with Crippen LogP contribution in [0.2, 0.25) is 0 Å². The standard InChI is InChI=1S/C10H23NS/c1-9(2)10(11)7-5-4-6-8-12-3/h9-10H,4-8,11H2,1-3H3. The first-order chi connectivity index (χ1) is 5.68. The Balaban J connectivity index is 3.08. The van der Waals surface area contributed by atoms with Crippen LogP contribution in [-0.4, -0.2) is 18.1 Å². The largest absolute Gasteiger partial charge is 0.327 e. The molecule has 1 unspecified atom stereocenters. The van der Waals surface area contributed by atoms with E-state index >= 15 is 0 Å². The van der Waals surface area contributed by atoms with Gasteiger partial charge in [0.15, 0.2) is 0 Å². The highest BCUT2D eigenvalue weighted by Crippen LogP contribution is 2.10. The Morgan fingerprint density at radius 1 is 1.17 bits per heavy atom. The van der Waals surface area contributed by atoms with Crippen molar-refractivity contribution in [2.75, 3.05) is 12.0 Å². The maximum atomic E-state index is 5.93. The Kier molecular flexibility index (Phi) is 8.14. The third kappa shape index (κ3) is 6.99. The first-order valence-corrected chi connectivity index (χ1v) is 6.32. The number of thioether (sulfide) groups is 1. The Bertz CT molecular complexity index is 93.8. The van der Waals surface area contributed by atoms with Crippen molar-refractivity contribution in [2.24, 2.45) is 11.7 Å². The van der Waals surface area contributed by atoms with Gasteiger partial charge in [0.2, 0.25) is 0 Å². The van der Waals surface area contributed by atoms with Gasteiger partial charge in [-0.05, 0) is 30.8 Å². The van der Waals surface area contributed by atoms with Gasteiger partial charge < -0.3 is 5.73 Å². The van der Waals surface area contributed by atoms with Gasteiger partial charge in [-0.3, -0.25) is 0 Å². The zero-order chi connectivity index (χ0) is 9.40. The molecule has 12 heavy (non-hydrogen) atoms. The zero-order valence-electron chi connectivity index (χ0n) is 8.68. The lowest BCUT2D eigenvalue weighted by Crippen LogP contribution is -2.25. The van der Waals surface area contributed by atoms with E-state index in [0.29, 0.717) is 12.0 Å². The molecule has 0 heterocycles. The van der Waals surface area contributed by atoms with E-state index in [0.717, 1.165) is 0 Å². The van der Waals surface area contributed by atoms with Crippen molar-refractivity contribution in [3.63, 3.8) is 0 Å². The van der Waals surface area contributed by atoms with E-state index in [4.69, 9.17) is 5.73 Å². The summed E-state index contributed by atoms with van der Waals surface area (Å²) in [5.74, 6) is 1.95. The van der Waals surface area contributed by atoms with Crippen LogP contribution in [0.1, 0.15) is 39.5 Å². The first-order valence-electron chi connectivity index (χ1n) is 4.93. The van der Waals surface area contributed by atoms with Crippen molar-refractivity contribution < 1.29 is 0 Å². The molecular weight excluding hydrogens is 166 g/mol. The van der Waals surface area contributed by atoms with Gasteiger partial charge in [-0.25, -0.2) is 0 Å². The third-order valence-corrected chi connectivity index (χ3v) is 2.94. The fourth-order valence-corrected chi connectivity index (χ4v) is 1.63. The first kappa shape index (κ1) is 12.3. The van der Waals surface area contributed by atoms with Gasteiger partial charge in [-0.2, -0.15) is 11.8 Å². The van der Waals surface area contributed by atoms with Crippen molar-refractivity contribution in [3.05, 3.63) is 0 Å². The maximum absolute atomic E-state index is 5.93. The predicted molar refractivity (Wildman–Crippen MR) is 59.7 cm³/mol. The van der Waals surface area contributed by atoms with E-state index in [2.05, 4.69) is 20.1 Å². The molecular formula is C10H23NS. The quantitative estimate of drug-likeness (QED) is 0.623. The summed E-state index contributed by atoms with van der Waals surface area (Å²) in [6, 6.07) is 0.416. The van der Waals surface area contributed by atoms with Crippen molar-refractivity contribution >= 4 is 11.8 Å². The van der Waals surface area contributed by atoms with E-state index in [1.165, 1.54) is 31.4 Å². The second-order valence-electron chi connectivity index (χ2n) is 3.75. The van der Waals surface area contributed by atoms with Crippen molar-refractivity contribution in [1.29, 1.82) is 0 Å². The molecule has 0 saturated carbocycles. The molecule has 0 amide bonds. The summed E-state index contributed by atoms with van der Waals surface area (Å²) in [7, 11) is 0. The highest BCUT2D eigenvalue weighted by atomic mass is 32.2. The second kappa shape index (κ2) is 7.93. The van der Waals surface area contributed by atoms with Crippen molar-refractivity contribution in [3.8, 4) is 0 Å². The molecule has 0 aliphatic carbocycles. The van der Waals surface area contributed by atoms with Gasteiger partial charge in [0.25, 0.3) is 0 Å². The molecule has 0 fully saturated rings. The SMILES string of the molecule is CSCCCCCC(N)C(C)C. The average Bonchev–Trinajstić information content (AvgIpc) is 2.03. The summed E-state index contributed by atoms with van der Waals surface area (Å²) in [6.07, 6.45) is 7.37. The number of nitrogens with two attached hydrogens (primary N) is 1. The molecule has 1 atom stereocenters. The molecule has 0 aliphatic rings. The van der Waals surface area contributed by atoms with Crippen LogP contribution in [0, 0.1) is 5.92 Å². The summed E-state index contributed by atoms with van der Waals surface area (Å²) in [5.41, 5.74) is 5.93. The molecule has 0 aromatic rings. The summed E-state index contributed by atoms with van der Waals surface area (Å²) < 4.78 is 0. The molecule has 2 N–H and O–H groups in total. The van der Waals surface area contributed by atoms with Gasteiger partial charge in [0.05, 0.1) is 0 Å². The lowest BCUT2D eigenvalue weighted by Gasteiger charge is -2.14. The number of rotatable bonds is 7. The van der Waals surface area contributed by atoms with Crippen LogP contribution >= 0.6 is 11.8 Å². The Labute approximate surface area is 81.5 Å². The minimum Gasteiger partial charge on any atom is -0.327 e. The Morgan fingerprint density at radius 3 is 2.33 bits per heavy atom. The van der Waals surface area contributed by atoms with Crippen LogP contribution in [0.4, 0.5) is 0 Å². The fourth-order valence-electron chi connectivity index (χ4n) is 1.14. The molecule has 2 heteroatoms. The highest BCUT2D eigenvalue weighted by Gasteiger charge is 2.05. The molecule has 0 aromatic carbocycles. The van der Waals surface area contributed by atoms with Gasteiger partial charge in [0, 0.05) is 6.04 Å². The second-order valence-corrected chi connectivity index (χ2v) is 4.74. The normalized spacial score (nSPS) is 13.8. The van der Waals surface area contributed by atoms with Crippen molar-refractivity contribution in [2.45, 2.75) is 45.6 Å². The monoisotopic (exact) mass is 189 g/mol. The fraction of sp³-hybridized carbons (Fsp3) is 1.00. The van der Waals surface area contributed by atoms with Gasteiger partial charge >= 0.3 is 0 Å². The molecule has 74 valence electrons. The van der Waals surface area contributed by atoms with Crippen LogP contribution in [0.3, 0.4) is 0 Å². The summed E-state index contributed by atoms with van der Waals surface area (Å²) in [6.45, 7) is 4.40.